The Labute approximate surface area is 114 Å². The highest BCUT2D eigenvalue weighted by atomic mass is 16.3. The van der Waals surface area contributed by atoms with Crippen LogP contribution in [0.3, 0.4) is 0 Å². The maximum absolute atomic E-state index is 10.5. The number of phenolic OH excluding ortho intramolecular Hbond substituents is 1. The fourth-order valence-corrected chi connectivity index (χ4v) is 2.86. The highest BCUT2D eigenvalue weighted by Gasteiger charge is 2.32. The molecule has 2 rings (SSSR count). The minimum absolute atomic E-state index is 0.0219. The van der Waals surface area contributed by atoms with Gasteiger partial charge in [0.2, 0.25) is 0 Å². The third-order valence-electron chi connectivity index (χ3n) is 3.60. The van der Waals surface area contributed by atoms with Gasteiger partial charge in [-0.05, 0) is 50.8 Å². The Hall–Kier alpha value is -1.26. The molecule has 106 valence electrons. The van der Waals surface area contributed by atoms with E-state index in [1.54, 1.807) is 13.1 Å². The zero-order valence-corrected chi connectivity index (χ0v) is 12.1. The Kier molecular flexibility index (Phi) is 3.74. The van der Waals surface area contributed by atoms with Crippen LogP contribution in [-0.2, 0) is 6.42 Å². The summed E-state index contributed by atoms with van der Waals surface area (Å²) in [6.07, 6.45) is 1.18. The summed E-state index contributed by atoms with van der Waals surface area (Å²) in [4.78, 5) is 0. The van der Waals surface area contributed by atoms with Gasteiger partial charge in [0.05, 0.1) is 11.8 Å². The number of anilines is 1. The van der Waals surface area contributed by atoms with Crippen LogP contribution in [-0.4, -0.2) is 28.8 Å². The quantitative estimate of drug-likeness (QED) is 0.618. The van der Waals surface area contributed by atoms with Gasteiger partial charge in [0.25, 0.3) is 0 Å². The lowest BCUT2D eigenvalue weighted by Crippen LogP contribution is -2.48. The number of hydrogen-bond acceptors (Lipinski definition) is 4. The first-order valence-electron chi connectivity index (χ1n) is 6.81. The summed E-state index contributed by atoms with van der Waals surface area (Å²) in [6.45, 7) is 6.31. The molecule has 1 aliphatic rings. The minimum Gasteiger partial charge on any atom is -0.506 e. The molecule has 19 heavy (non-hydrogen) atoms. The van der Waals surface area contributed by atoms with E-state index in [-0.39, 0.29) is 17.3 Å². The summed E-state index contributed by atoms with van der Waals surface area (Å²) in [5.41, 5.74) is 2.66. The Morgan fingerprint density at radius 3 is 2.53 bits per heavy atom. The van der Waals surface area contributed by atoms with Gasteiger partial charge < -0.3 is 20.8 Å². The molecule has 2 atom stereocenters. The van der Waals surface area contributed by atoms with Gasteiger partial charge in [-0.25, -0.2) is 0 Å². The van der Waals surface area contributed by atoms with Crippen molar-refractivity contribution in [3.63, 3.8) is 0 Å². The third-order valence-corrected chi connectivity index (χ3v) is 3.60. The first-order chi connectivity index (χ1) is 8.83. The molecule has 1 aromatic rings. The standard InChI is InChI=1S/C15H24N2O2/c1-15(2,3)17-11-7-5-9-10(14(11)19)6-8-12(18)13(9)16-4/h6,8,11,14,16-19H,5,7H2,1-4H3/t11-,14+/m0/s1. The molecule has 0 radical (unpaired) electrons. The lowest BCUT2D eigenvalue weighted by molar-refractivity contribution is 0.100. The maximum atomic E-state index is 10.5. The number of phenols is 1. The number of rotatable bonds is 2. The fraction of sp³-hybridized carbons (Fsp3) is 0.600. The van der Waals surface area contributed by atoms with Gasteiger partial charge in [-0.1, -0.05) is 6.07 Å². The number of aliphatic hydroxyl groups excluding tert-OH is 1. The number of benzene rings is 1. The zero-order chi connectivity index (χ0) is 14.2. The lowest BCUT2D eigenvalue weighted by Gasteiger charge is -2.36. The SMILES string of the molecule is CNc1c(O)ccc2c1CC[C@H](NC(C)(C)C)[C@@H]2O. The highest BCUT2D eigenvalue weighted by molar-refractivity contribution is 5.64. The minimum atomic E-state index is -0.532. The van der Waals surface area contributed by atoms with Crippen molar-refractivity contribution in [2.45, 2.75) is 51.3 Å². The first kappa shape index (κ1) is 14.2. The Bertz CT molecular complexity index is 466. The molecule has 4 N–H and O–H groups in total. The van der Waals surface area contributed by atoms with Gasteiger partial charge in [0.1, 0.15) is 5.75 Å². The van der Waals surface area contributed by atoms with E-state index in [0.717, 1.165) is 29.7 Å². The number of nitrogens with one attached hydrogen (secondary N) is 2. The summed E-state index contributed by atoms with van der Waals surface area (Å²) in [5, 5.41) is 26.9. The van der Waals surface area contributed by atoms with Gasteiger partial charge in [0, 0.05) is 18.6 Å². The number of hydrogen-bond donors (Lipinski definition) is 4. The molecule has 0 aliphatic heterocycles. The molecule has 4 nitrogen and oxygen atoms in total. The van der Waals surface area contributed by atoms with Gasteiger partial charge >= 0.3 is 0 Å². The van der Waals surface area contributed by atoms with E-state index in [4.69, 9.17) is 0 Å². The van der Waals surface area contributed by atoms with Gasteiger partial charge in [-0.3, -0.25) is 0 Å². The molecule has 0 saturated heterocycles. The summed E-state index contributed by atoms with van der Waals surface area (Å²) in [6, 6.07) is 3.53. The zero-order valence-electron chi connectivity index (χ0n) is 12.1. The van der Waals surface area contributed by atoms with Crippen LogP contribution in [0.2, 0.25) is 0 Å². The van der Waals surface area contributed by atoms with Crippen molar-refractivity contribution >= 4 is 5.69 Å². The lowest BCUT2D eigenvalue weighted by atomic mass is 9.83. The van der Waals surface area contributed by atoms with E-state index in [2.05, 4.69) is 31.4 Å². The van der Waals surface area contributed by atoms with Gasteiger partial charge in [-0.2, -0.15) is 0 Å². The smallest absolute Gasteiger partial charge is 0.138 e. The number of aliphatic hydroxyl groups is 1. The molecule has 1 aromatic carbocycles. The summed E-state index contributed by atoms with van der Waals surface area (Å²) in [5.74, 6) is 0.246. The van der Waals surface area contributed by atoms with Crippen LogP contribution in [0.4, 0.5) is 5.69 Å². The first-order valence-corrected chi connectivity index (χ1v) is 6.81. The predicted octanol–water partition coefficient (Wildman–Crippen LogP) is 2.17. The average Bonchev–Trinajstić information content (AvgIpc) is 2.31. The van der Waals surface area contributed by atoms with Crippen LogP contribution in [0.25, 0.3) is 0 Å². The second-order valence-electron chi connectivity index (χ2n) is 6.26. The van der Waals surface area contributed by atoms with Crippen molar-refractivity contribution in [2.24, 2.45) is 0 Å². The van der Waals surface area contributed by atoms with E-state index in [0.29, 0.717) is 0 Å². The van der Waals surface area contributed by atoms with Crippen molar-refractivity contribution in [3.05, 3.63) is 23.3 Å². The average molecular weight is 264 g/mol. The van der Waals surface area contributed by atoms with Gasteiger partial charge in [-0.15, -0.1) is 0 Å². The third kappa shape index (κ3) is 2.85. The predicted molar refractivity (Wildman–Crippen MR) is 77.6 cm³/mol. The highest BCUT2D eigenvalue weighted by Crippen LogP contribution is 2.39. The topological polar surface area (TPSA) is 64.5 Å². The second kappa shape index (κ2) is 5.02. The molecule has 0 bridgehead atoms. The molecule has 4 heteroatoms. The van der Waals surface area contributed by atoms with Crippen molar-refractivity contribution < 1.29 is 10.2 Å². The normalized spacial score (nSPS) is 23.0. The summed E-state index contributed by atoms with van der Waals surface area (Å²) in [7, 11) is 1.79. The van der Waals surface area contributed by atoms with Crippen LogP contribution in [0.5, 0.6) is 5.75 Å². The monoisotopic (exact) mass is 264 g/mol. The molecule has 0 unspecified atom stereocenters. The molecule has 1 aliphatic carbocycles. The van der Waals surface area contributed by atoms with Crippen molar-refractivity contribution in [1.82, 2.24) is 5.32 Å². The van der Waals surface area contributed by atoms with Crippen LogP contribution >= 0.6 is 0 Å². The Balaban J connectivity index is 2.32. The molecular weight excluding hydrogens is 240 g/mol. The van der Waals surface area contributed by atoms with Crippen molar-refractivity contribution in [3.8, 4) is 5.75 Å². The Morgan fingerprint density at radius 2 is 1.95 bits per heavy atom. The molecule has 0 saturated carbocycles. The van der Waals surface area contributed by atoms with Crippen molar-refractivity contribution in [1.29, 1.82) is 0 Å². The number of aromatic hydroxyl groups is 1. The van der Waals surface area contributed by atoms with Crippen molar-refractivity contribution in [2.75, 3.05) is 12.4 Å². The largest absolute Gasteiger partial charge is 0.506 e. The van der Waals surface area contributed by atoms with Gasteiger partial charge in [0.15, 0.2) is 0 Å². The fourth-order valence-electron chi connectivity index (χ4n) is 2.86. The van der Waals surface area contributed by atoms with E-state index in [1.807, 2.05) is 6.07 Å². The molecule has 0 fully saturated rings. The maximum Gasteiger partial charge on any atom is 0.138 e. The molecule has 0 aromatic heterocycles. The molecule has 0 amide bonds. The van der Waals surface area contributed by atoms with Crippen LogP contribution in [0.1, 0.15) is 44.4 Å². The summed E-state index contributed by atoms with van der Waals surface area (Å²) < 4.78 is 0. The van der Waals surface area contributed by atoms with Crippen LogP contribution in [0, 0.1) is 0 Å². The molecule has 0 spiro atoms. The van der Waals surface area contributed by atoms with E-state index < -0.39 is 6.10 Å². The number of fused-ring (bicyclic) bond motifs is 1. The van der Waals surface area contributed by atoms with E-state index >= 15 is 0 Å². The second-order valence-corrected chi connectivity index (χ2v) is 6.26. The van der Waals surface area contributed by atoms with Crippen LogP contribution in [0.15, 0.2) is 12.1 Å². The molecule has 0 heterocycles. The Morgan fingerprint density at radius 1 is 1.26 bits per heavy atom. The van der Waals surface area contributed by atoms with E-state index in [9.17, 15) is 10.2 Å². The summed E-state index contributed by atoms with van der Waals surface area (Å²) >= 11 is 0. The molecular formula is C15H24N2O2. The van der Waals surface area contributed by atoms with E-state index in [1.165, 1.54) is 0 Å². The van der Waals surface area contributed by atoms with Crippen LogP contribution < -0.4 is 10.6 Å².